The number of carbonyl (C=O) groups is 2. The van der Waals surface area contributed by atoms with Crippen molar-refractivity contribution in [3.63, 3.8) is 0 Å². The third-order valence-corrected chi connectivity index (χ3v) is 10.2. The average Bonchev–Trinajstić information content (AvgIpc) is 3.62. The van der Waals surface area contributed by atoms with Crippen LogP contribution in [0.2, 0.25) is 10.0 Å². The van der Waals surface area contributed by atoms with Gasteiger partial charge in [-0.05, 0) is 73.6 Å². The molecule has 2 N–H and O–H groups in total. The number of carboxylic acid groups (broad SMARTS) is 1. The van der Waals surface area contributed by atoms with E-state index in [-0.39, 0.29) is 22.5 Å². The Morgan fingerprint density at radius 2 is 2.00 bits per heavy atom. The Balaban J connectivity index is 1.45. The van der Waals surface area contributed by atoms with Gasteiger partial charge in [-0.15, -0.1) is 0 Å². The van der Waals surface area contributed by atoms with E-state index in [9.17, 15) is 14.7 Å². The van der Waals surface area contributed by atoms with E-state index in [1.165, 1.54) is 6.07 Å². The first-order valence-corrected chi connectivity index (χ1v) is 15.2. The van der Waals surface area contributed by atoms with Gasteiger partial charge < -0.3 is 15.2 Å². The number of hydrogen-bond acceptors (Lipinski definition) is 5. The smallest absolute Gasteiger partial charge is 0.335 e. The summed E-state index contributed by atoms with van der Waals surface area (Å²) in [6.45, 7) is 2.69. The fourth-order valence-electron chi connectivity index (χ4n) is 7.72. The molecule has 1 spiro atoms. The molecule has 220 valence electrons. The lowest BCUT2D eigenvalue weighted by atomic mass is 9.73. The Morgan fingerprint density at radius 1 is 1.19 bits per heavy atom. The number of likely N-dealkylation sites (tertiary alicyclic amines) is 1. The first-order valence-electron chi connectivity index (χ1n) is 14.4. The van der Waals surface area contributed by atoms with Gasteiger partial charge in [0.1, 0.15) is 11.4 Å². The van der Waals surface area contributed by atoms with Gasteiger partial charge >= 0.3 is 5.97 Å². The Labute approximate surface area is 256 Å². The Bertz CT molecular complexity index is 1870. The molecule has 3 aromatic carbocycles. The van der Waals surface area contributed by atoms with Crippen molar-refractivity contribution in [2.75, 3.05) is 18.5 Å². The number of aromatic carboxylic acids is 1. The van der Waals surface area contributed by atoms with E-state index < -0.39 is 29.3 Å². The molecule has 2 fully saturated rings. The first kappa shape index (κ1) is 26.9. The predicted octanol–water partition coefficient (Wildman–Crippen LogP) is 6.54. The van der Waals surface area contributed by atoms with Gasteiger partial charge in [-0.2, -0.15) is 5.10 Å². The Kier molecular flexibility index (Phi) is 5.90. The van der Waals surface area contributed by atoms with E-state index in [0.717, 1.165) is 18.4 Å². The van der Waals surface area contributed by atoms with E-state index in [1.54, 1.807) is 48.0 Å². The van der Waals surface area contributed by atoms with Gasteiger partial charge in [-0.25, -0.2) is 13.9 Å². The number of carbonyl (C=O) groups excluding carboxylic acids is 1. The summed E-state index contributed by atoms with van der Waals surface area (Å²) in [5.74, 6) is -1.80. The second-order valence-electron chi connectivity index (χ2n) is 12.1. The molecule has 1 aliphatic carbocycles. The molecule has 1 unspecified atom stereocenters. The highest BCUT2D eigenvalue weighted by Gasteiger charge is 2.68. The molecule has 1 saturated heterocycles. The summed E-state index contributed by atoms with van der Waals surface area (Å²) in [4.78, 5) is 28.8. The Hall–Kier alpha value is -3.66. The lowest BCUT2D eigenvalue weighted by Crippen LogP contribution is -2.53. The standard InChI is InChI=1S/C32H27Cl2FN4O4/c1-15-11-23-20(13-19(15)30(40)41)29-39(37-23)28-25(9-10-43-29)38(14-16-5-6-16)32(26(28)18-3-2-4-22(34)27(18)35)21-8-7-17(33)12-24(21)36-31(32)42/h2-4,7-8,11-13,16,25-26,28H,5-6,9-10,14H2,1H3,(H,36,42)(H,40,41)/t25-,26?,28+,32+/m0/s1. The number of carboxylic acids is 1. The highest BCUT2D eigenvalue weighted by atomic mass is 35.5. The minimum absolute atomic E-state index is 0.0305. The number of aryl methyl sites for hydroxylation is 1. The second-order valence-corrected chi connectivity index (χ2v) is 12.9. The molecule has 11 heteroatoms. The molecule has 4 aliphatic rings. The van der Waals surface area contributed by atoms with Crippen LogP contribution in [0.5, 0.6) is 5.88 Å². The number of hydrogen-bond donors (Lipinski definition) is 2. The number of fused-ring (bicyclic) bond motifs is 7. The van der Waals surface area contributed by atoms with Gasteiger partial charge in [-0.3, -0.25) is 9.69 Å². The van der Waals surface area contributed by atoms with E-state index >= 15 is 4.39 Å². The zero-order chi connectivity index (χ0) is 29.8. The van der Waals surface area contributed by atoms with Gasteiger partial charge in [0.25, 0.3) is 0 Å². The van der Waals surface area contributed by atoms with Crippen LogP contribution in [0.15, 0.2) is 48.5 Å². The molecule has 43 heavy (non-hydrogen) atoms. The van der Waals surface area contributed by atoms with E-state index in [4.69, 9.17) is 33.0 Å². The zero-order valence-electron chi connectivity index (χ0n) is 23.1. The highest BCUT2D eigenvalue weighted by molar-refractivity contribution is 6.31. The van der Waals surface area contributed by atoms with Gasteiger partial charge in [0, 0.05) is 34.8 Å². The minimum Gasteiger partial charge on any atom is -0.478 e. The van der Waals surface area contributed by atoms with Crippen LogP contribution in [0.25, 0.3) is 10.9 Å². The molecular weight excluding hydrogens is 594 g/mol. The van der Waals surface area contributed by atoms with E-state index in [0.29, 0.717) is 64.1 Å². The minimum atomic E-state index is -1.28. The summed E-state index contributed by atoms with van der Waals surface area (Å²) < 4.78 is 24.4. The number of ether oxygens (including phenoxy) is 1. The number of halogens is 3. The van der Waals surface area contributed by atoms with Gasteiger partial charge in [-0.1, -0.05) is 41.4 Å². The Morgan fingerprint density at radius 3 is 2.77 bits per heavy atom. The summed E-state index contributed by atoms with van der Waals surface area (Å²) in [6.07, 6.45) is 2.66. The average molecular weight is 621 g/mol. The molecule has 1 aromatic heterocycles. The third-order valence-electron chi connectivity index (χ3n) is 9.66. The van der Waals surface area contributed by atoms with Crippen LogP contribution in [0.3, 0.4) is 0 Å². The van der Waals surface area contributed by atoms with Crippen molar-refractivity contribution in [2.24, 2.45) is 5.92 Å². The zero-order valence-corrected chi connectivity index (χ0v) is 24.6. The topological polar surface area (TPSA) is 96.7 Å². The molecule has 4 aromatic rings. The van der Waals surface area contributed by atoms with Crippen LogP contribution < -0.4 is 10.1 Å². The molecule has 4 heterocycles. The lowest BCUT2D eigenvalue weighted by Gasteiger charge is -2.40. The van der Waals surface area contributed by atoms with Crippen molar-refractivity contribution < 1.29 is 23.8 Å². The third kappa shape index (κ3) is 3.74. The van der Waals surface area contributed by atoms with E-state index in [1.807, 2.05) is 6.07 Å². The molecule has 1 saturated carbocycles. The predicted molar refractivity (Wildman–Crippen MR) is 160 cm³/mol. The summed E-state index contributed by atoms with van der Waals surface area (Å²) in [7, 11) is 0. The molecule has 8 rings (SSSR count). The molecule has 0 bridgehead atoms. The summed E-state index contributed by atoms with van der Waals surface area (Å²) >= 11 is 12.8. The lowest BCUT2D eigenvalue weighted by molar-refractivity contribution is -0.128. The van der Waals surface area contributed by atoms with Crippen molar-refractivity contribution >= 4 is 51.7 Å². The molecule has 8 nitrogen and oxygen atoms in total. The highest BCUT2D eigenvalue weighted by Crippen LogP contribution is 2.63. The van der Waals surface area contributed by atoms with Gasteiger partial charge in [0.05, 0.1) is 34.1 Å². The molecule has 1 amide bonds. The number of nitrogens with zero attached hydrogens (tertiary/aromatic N) is 3. The van der Waals surface area contributed by atoms with Gasteiger partial charge in [0.2, 0.25) is 11.8 Å². The fraction of sp³-hybridized carbons (Fsp3) is 0.344. The van der Waals surface area contributed by atoms with Crippen LogP contribution in [-0.4, -0.2) is 50.9 Å². The van der Waals surface area contributed by atoms with Gasteiger partial charge in [0.15, 0.2) is 0 Å². The van der Waals surface area contributed by atoms with Crippen LogP contribution >= 0.6 is 23.2 Å². The number of anilines is 1. The van der Waals surface area contributed by atoms with Crippen molar-refractivity contribution in [3.8, 4) is 5.88 Å². The van der Waals surface area contributed by atoms with Crippen molar-refractivity contribution in [2.45, 2.75) is 49.7 Å². The molecule has 3 aliphatic heterocycles. The number of aromatic nitrogens is 2. The first-order chi connectivity index (χ1) is 20.7. The van der Waals surface area contributed by atoms with Crippen LogP contribution in [0.4, 0.5) is 10.1 Å². The SMILES string of the molecule is Cc1cc2nn3c(c2cc1C(=O)O)OCC[C@H]1[C@@H]3C(c2cccc(Cl)c2F)[C@]2(C(=O)Nc3cc(Cl)ccc32)N1CC1CC1. The molecular formula is C32H27Cl2FN4O4. The molecule has 4 atom stereocenters. The molecule has 0 radical (unpaired) electrons. The van der Waals surface area contributed by atoms with Crippen molar-refractivity contribution in [3.05, 3.63) is 86.6 Å². The maximum atomic E-state index is 16.3. The normalized spacial score (nSPS) is 26.1. The summed E-state index contributed by atoms with van der Waals surface area (Å²) in [5.41, 5.74) is 1.67. The number of benzene rings is 3. The summed E-state index contributed by atoms with van der Waals surface area (Å²) in [5, 5.41) is 18.9. The van der Waals surface area contributed by atoms with Crippen molar-refractivity contribution in [1.29, 1.82) is 0 Å². The number of amides is 1. The maximum Gasteiger partial charge on any atom is 0.335 e. The number of nitrogens with one attached hydrogen (secondary N) is 1. The van der Waals surface area contributed by atoms with E-state index in [2.05, 4.69) is 10.2 Å². The van der Waals surface area contributed by atoms with Crippen LogP contribution in [0.1, 0.15) is 58.3 Å². The van der Waals surface area contributed by atoms with Crippen LogP contribution in [-0.2, 0) is 10.3 Å². The fourth-order valence-corrected chi connectivity index (χ4v) is 8.08. The monoisotopic (exact) mass is 620 g/mol. The number of rotatable bonds is 4. The summed E-state index contributed by atoms with van der Waals surface area (Å²) in [6, 6.07) is 12.8. The van der Waals surface area contributed by atoms with Crippen LogP contribution in [0, 0.1) is 18.7 Å². The van der Waals surface area contributed by atoms with Crippen molar-refractivity contribution in [1.82, 2.24) is 14.7 Å². The second kappa shape index (κ2) is 9.42. The maximum absolute atomic E-state index is 16.3. The largest absolute Gasteiger partial charge is 0.478 e. The quantitative estimate of drug-likeness (QED) is 0.269.